The number of hydrogen-bond donors (Lipinski definition) is 3. The van der Waals surface area contributed by atoms with E-state index in [1.54, 1.807) is 31.2 Å². The van der Waals surface area contributed by atoms with Crippen molar-refractivity contribution < 1.29 is 15.3 Å². The van der Waals surface area contributed by atoms with Crippen LogP contribution in [0.25, 0.3) is 11.1 Å². The van der Waals surface area contributed by atoms with Crippen molar-refractivity contribution in [1.29, 1.82) is 0 Å². The molecule has 0 unspecified atom stereocenters. The van der Waals surface area contributed by atoms with Gasteiger partial charge >= 0.3 is 0 Å². The molecule has 0 aliphatic carbocycles. The summed E-state index contributed by atoms with van der Waals surface area (Å²) >= 11 is 0. The minimum absolute atomic E-state index is 0.0123. The molecule has 0 bridgehead atoms. The summed E-state index contributed by atoms with van der Waals surface area (Å²) in [6.45, 7) is 1.62. The average molecular weight is 216 g/mol. The number of aromatic hydroxyl groups is 3. The molecule has 0 spiro atoms. The maximum Gasteiger partial charge on any atom is 0.123 e. The maximum atomic E-state index is 9.65. The topological polar surface area (TPSA) is 60.7 Å². The third kappa shape index (κ3) is 1.67. The van der Waals surface area contributed by atoms with Crippen LogP contribution in [0, 0.1) is 6.92 Å². The van der Waals surface area contributed by atoms with Crippen molar-refractivity contribution in [2.24, 2.45) is 0 Å². The summed E-state index contributed by atoms with van der Waals surface area (Å²) in [5.74, 6) is 0.140. The normalized spacial score (nSPS) is 10.3. The summed E-state index contributed by atoms with van der Waals surface area (Å²) in [6, 6.07) is 9.81. The van der Waals surface area contributed by atoms with E-state index >= 15 is 0 Å². The molecule has 0 atom stereocenters. The van der Waals surface area contributed by atoms with Gasteiger partial charge in [0, 0.05) is 11.1 Å². The molecule has 0 heterocycles. The van der Waals surface area contributed by atoms with Crippen LogP contribution >= 0.6 is 0 Å². The van der Waals surface area contributed by atoms with Gasteiger partial charge in [0.1, 0.15) is 17.2 Å². The lowest BCUT2D eigenvalue weighted by atomic mass is 10.0. The molecule has 0 aromatic heterocycles. The van der Waals surface area contributed by atoms with Crippen LogP contribution in [0.4, 0.5) is 0 Å². The first-order valence-corrected chi connectivity index (χ1v) is 4.90. The van der Waals surface area contributed by atoms with E-state index in [1.807, 2.05) is 0 Å². The highest BCUT2D eigenvalue weighted by atomic mass is 16.3. The third-order valence-corrected chi connectivity index (χ3v) is 2.57. The van der Waals surface area contributed by atoms with Crippen LogP contribution in [0.1, 0.15) is 5.56 Å². The van der Waals surface area contributed by atoms with Gasteiger partial charge < -0.3 is 15.3 Å². The second kappa shape index (κ2) is 3.77. The summed E-state index contributed by atoms with van der Waals surface area (Å²) in [5, 5.41) is 28.8. The molecule has 2 aromatic carbocycles. The second-order valence-corrected chi connectivity index (χ2v) is 3.66. The predicted octanol–water partition coefficient (Wildman–Crippen LogP) is 2.78. The first-order valence-electron chi connectivity index (χ1n) is 4.90. The molecule has 3 heteroatoms. The van der Waals surface area contributed by atoms with Gasteiger partial charge in [-0.3, -0.25) is 0 Å². The van der Waals surface area contributed by atoms with Crippen molar-refractivity contribution in [3.05, 3.63) is 42.0 Å². The van der Waals surface area contributed by atoms with Gasteiger partial charge in [0.2, 0.25) is 0 Å². The highest BCUT2D eigenvalue weighted by Gasteiger charge is 2.09. The first-order chi connectivity index (χ1) is 7.59. The second-order valence-electron chi connectivity index (χ2n) is 3.66. The van der Waals surface area contributed by atoms with Crippen LogP contribution in [-0.2, 0) is 0 Å². The number of para-hydroxylation sites is 1. The summed E-state index contributed by atoms with van der Waals surface area (Å²) in [7, 11) is 0. The number of phenolic OH excluding ortho intramolecular Hbond substituents is 3. The predicted molar refractivity (Wildman–Crippen MR) is 61.6 cm³/mol. The molecule has 3 nitrogen and oxygen atoms in total. The van der Waals surface area contributed by atoms with E-state index in [-0.39, 0.29) is 17.2 Å². The van der Waals surface area contributed by atoms with E-state index in [0.29, 0.717) is 16.7 Å². The average Bonchev–Trinajstić information content (AvgIpc) is 2.26. The molecule has 16 heavy (non-hydrogen) atoms. The van der Waals surface area contributed by atoms with Gasteiger partial charge in [-0.25, -0.2) is 0 Å². The largest absolute Gasteiger partial charge is 0.508 e. The van der Waals surface area contributed by atoms with Crippen LogP contribution in [0.5, 0.6) is 17.2 Å². The molecular weight excluding hydrogens is 204 g/mol. The number of benzene rings is 2. The Kier molecular flexibility index (Phi) is 2.44. The standard InChI is InChI=1S/C13H12O3/c1-8-12(15)6-9(7-13(8)16)10-4-2-3-5-11(10)14/h2-7,14-16H,1H3. The Morgan fingerprint density at radius 3 is 1.94 bits per heavy atom. The van der Waals surface area contributed by atoms with E-state index in [2.05, 4.69) is 0 Å². The van der Waals surface area contributed by atoms with Gasteiger partial charge in [0.25, 0.3) is 0 Å². The molecule has 0 saturated heterocycles. The van der Waals surface area contributed by atoms with E-state index in [0.717, 1.165) is 0 Å². The molecule has 82 valence electrons. The number of phenols is 3. The van der Waals surface area contributed by atoms with Gasteiger partial charge in [-0.1, -0.05) is 18.2 Å². The molecule has 3 N–H and O–H groups in total. The monoisotopic (exact) mass is 216 g/mol. The highest BCUT2D eigenvalue weighted by molar-refractivity contribution is 5.73. The molecule has 2 aromatic rings. The van der Waals surface area contributed by atoms with Crippen LogP contribution in [-0.4, -0.2) is 15.3 Å². The fraction of sp³-hybridized carbons (Fsp3) is 0.0769. The molecule has 0 amide bonds. The number of hydrogen-bond acceptors (Lipinski definition) is 3. The summed E-state index contributed by atoms with van der Waals surface area (Å²) < 4.78 is 0. The Bertz CT molecular complexity index is 509. The van der Waals surface area contributed by atoms with Crippen molar-refractivity contribution in [2.75, 3.05) is 0 Å². The zero-order valence-electron chi connectivity index (χ0n) is 8.81. The lowest BCUT2D eigenvalue weighted by Crippen LogP contribution is -1.82. The van der Waals surface area contributed by atoms with E-state index < -0.39 is 0 Å². The van der Waals surface area contributed by atoms with E-state index in [1.165, 1.54) is 12.1 Å². The van der Waals surface area contributed by atoms with Crippen LogP contribution in [0.3, 0.4) is 0 Å². The van der Waals surface area contributed by atoms with E-state index in [4.69, 9.17) is 0 Å². The Hall–Kier alpha value is -2.16. The Labute approximate surface area is 93.2 Å². The Morgan fingerprint density at radius 1 is 0.812 bits per heavy atom. The van der Waals surface area contributed by atoms with Crippen molar-refractivity contribution in [2.45, 2.75) is 6.92 Å². The van der Waals surface area contributed by atoms with Gasteiger partial charge in [-0.15, -0.1) is 0 Å². The van der Waals surface area contributed by atoms with Gasteiger partial charge in [0.15, 0.2) is 0 Å². The highest BCUT2D eigenvalue weighted by Crippen LogP contribution is 2.36. The van der Waals surface area contributed by atoms with Crippen molar-refractivity contribution in [3.8, 4) is 28.4 Å². The van der Waals surface area contributed by atoms with Crippen LogP contribution in [0.2, 0.25) is 0 Å². The molecule has 0 aliphatic heterocycles. The smallest absolute Gasteiger partial charge is 0.123 e. The molecule has 0 aliphatic rings. The minimum Gasteiger partial charge on any atom is -0.508 e. The Morgan fingerprint density at radius 2 is 1.38 bits per heavy atom. The third-order valence-electron chi connectivity index (χ3n) is 2.57. The fourth-order valence-corrected chi connectivity index (χ4v) is 1.56. The fourth-order valence-electron chi connectivity index (χ4n) is 1.56. The molecule has 0 fully saturated rings. The maximum absolute atomic E-state index is 9.65. The molecular formula is C13H12O3. The lowest BCUT2D eigenvalue weighted by Gasteiger charge is -2.08. The minimum atomic E-state index is 0.0123. The van der Waals surface area contributed by atoms with Gasteiger partial charge in [-0.2, -0.15) is 0 Å². The van der Waals surface area contributed by atoms with E-state index in [9.17, 15) is 15.3 Å². The SMILES string of the molecule is Cc1c(O)cc(-c2ccccc2O)cc1O. The number of rotatable bonds is 1. The zero-order chi connectivity index (χ0) is 11.7. The van der Waals surface area contributed by atoms with Crippen molar-refractivity contribution in [3.63, 3.8) is 0 Å². The first kappa shape index (κ1) is 10.4. The lowest BCUT2D eigenvalue weighted by molar-refractivity contribution is 0.443. The van der Waals surface area contributed by atoms with Gasteiger partial charge in [0.05, 0.1) is 0 Å². The molecule has 0 radical (unpaired) electrons. The molecule has 0 saturated carbocycles. The Balaban J connectivity index is 2.62. The van der Waals surface area contributed by atoms with Crippen molar-refractivity contribution >= 4 is 0 Å². The molecule has 2 rings (SSSR count). The van der Waals surface area contributed by atoms with Crippen molar-refractivity contribution in [1.82, 2.24) is 0 Å². The summed E-state index contributed by atoms with van der Waals surface area (Å²) in [4.78, 5) is 0. The quantitative estimate of drug-likeness (QED) is 0.686. The van der Waals surface area contributed by atoms with Crippen LogP contribution in [0.15, 0.2) is 36.4 Å². The summed E-state index contributed by atoms with van der Waals surface area (Å²) in [5.41, 5.74) is 1.59. The summed E-state index contributed by atoms with van der Waals surface area (Å²) in [6.07, 6.45) is 0. The zero-order valence-corrected chi connectivity index (χ0v) is 8.81. The van der Waals surface area contributed by atoms with Crippen LogP contribution < -0.4 is 0 Å². The van der Waals surface area contributed by atoms with Gasteiger partial charge in [-0.05, 0) is 30.7 Å².